The molecule has 10 nitrogen and oxygen atoms in total. The fraction of sp³-hybridized carbons (Fsp3) is 0.758. The van der Waals surface area contributed by atoms with Crippen molar-refractivity contribution in [3.8, 4) is 5.75 Å². The average molecular weight is 602 g/mol. The lowest BCUT2D eigenvalue weighted by molar-refractivity contribution is -0.140. The van der Waals surface area contributed by atoms with E-state index in [9.17, 15) is 19.5 Å². The number of Topliss-reactive ketones (excluding diaryl/α,β-unsaturated/α-hetero) is 1. The monoisotopic (exact) mass is 601 g/mol. The van der Waals surface area contributed by atoms with Gasteiger partial charge in [-0.1, -0.05) is 13.8 Å². The summed E-state index contributed by atoms with van der Waals surface area (Å²) in [7, 11) is 3.31. The maximum absolute atomic E-state index is 14.3. The molecule has 0 unspecified atom stereocenters. The summed E-state index contributed by atoms with van der Waals surface area (Å²) < 4.78 is 16.6. The zero-order chi connectivity index (χ0) is 31.5. The molecular formula is C33H51N3O7. The van der Waals surface area contributed by atoms with Crippen LogP contribution in [0.1, 0.15) is 91.0 Å². The highest BCUT2D eigenvalue weighted by molar-refractivity contribution is 5.97. The summed E-state index contributed by atoms with van der Waals surface area (Å²) in [6.45, 7) is 10.2. The lowest BCUT2D eigenvalue weighted by atomic mass is 9.76. The van der Waals surface area contributed by atoms with Gasteiger partial charge >= 0.3 is 6.09 Å². The molecule has 2 aliphatic carbocycles. The van der Waals surface area contributed by atoms with E-state index in [2.05, 4.69) is 18.8 Å². The van der Waals surface area contributed by atoms with E-state index < -0.39 is 29.6 Å². The van der Waals surface area contributed by atoms with Crippen LogP contribution in [-0.2, 0) is 19.1 Å². The Morgan fingerprint density at radius 2 is 1.65 bits per heavy atom. The number of aromatic nitrogens is 1. The van der Waals surface area contributed by atoms with E-state index >= 15 is 0 Å². The second kappa shape index (κ2) is 13.9. The molecule has 3 aliphatic rings. The maximum Gasteiger partial charge on any atom is 0.410 e. The number of carbonyl (C=O) groups is 3. The van der Waals surface area contributed by atoms with Gasteiger partial charge in [0.15, 0.2) is 0 Å². The zero-order valence-corrected chi connectivity index (χ0v) is 27.0. The summed E-state index contributed by atoms with van der Waals surface area (Å²) in [4.78, 5) is 49.0. The maximum atomic E-state index is 14.3. The molecule has 0 bridgehead atoms. The van der Waals surface area contributed by atoms with Crippen molar-refractivity contribution < 1.29 is 33.7 Å². The Labute approximate surface area is 256 Å². The Morgan fingerprint density at radius 3 is 2.21 bits per heavy atom. The molecule has 2 amide bonds. The second-order valence-corrected chi connectivity index (χ2v) is 14.0. The number of hydrogen-bond acceptors (Lipinski definition) is 8. The van der Waals surface area contributed by atoms with Gasteiger partial charge in [0.1, 0.15) is 23.0 Å². The van der Waals surface area contributed by atoms with Gasteiger partial charge in [-0.3, -0.25) is 14.5 Å². The topological polar surface area (TPSA) is 118 Å². The van der Waals surface area contributed by atoms with E-state index in [0.717, 1.165) is 50.7 Å². The molecule has 0 radical (unpaired) electrons. The van der Waals surface area contributed by atoms with Crippen molar-refractivity contribution in [2.45, 2.75) is 103 Å². The predicted octanol–water partition coefficient (Wildman–Crippen LogP) is 4.97. The van der Waals surface area contributed by atoms with Gasteiger partial charge in [0.25, 0.3) is 0 Å². The number of rotatable bonds is 10. The third-order valence-electron chi connectivity index (χ3n) is 9.02. The minimum Gasteiger partial charge on any atom is -0.496 e. The summed E-state index contributed by atoms with van der Waals surface area (Å²) in [5.41, 5.74) is 0.191. The molecule has 4 rings (SSSR count). The SMILES string of the molecule is COCC1CCC(CC(=O)[C@@H]2CN(C(=O)OC(C)(C)C)C[C@H](C(=O)N(c3cc(OC)c(C(C)C)cn3)C3CC3)[C@@H]2O)CC1. The van der Waals surface area contributed by atoms with E-state index in [0.29, 0.717) is 23.9 Å². The van der Waals surface area contributed by atoms with Gasteiger partial charge in [0, 0.05) is 57.1 Å². The number of ketones is 1. The number of hydrogen-bond donors (Lipinski definition) is 1. The first kappa shape index (κ1) is 33.2. The van der Waals surface area contributed by atoms with Crippen LogP contribution in [0.3, 0.4) is 0 Å². The number of ether oxygens (including phenoxy) is 3. The lowest BCUT2D eigenvalue weighted by Gasteiger charge is -2.42. The van der Waals surface area contributed by atoms with Crippen LogP contribution in [0, 0.1) is 23.7 Å². The Kier molecular flexibility index (Phi) is 10.7. The van der Waals surface area contributed by atoms with Gasteiger partial charge in [-0.25, -0.2) is 9.78 Å². The molecule has 2 heterocycles. The summed E-state index contributed by atoms with van der Waals surface area (Å²) in [5.74, 6) is -0.303. The first-order chi connectivity index (χ1) is 20.3. The van der Waals surface area contributed by atoms with Gasteiger partial charge in [0.05, 0.1) is 25.0 Å². The molecule has 0 spiro atoms. The van der Waals surface area contributed by atoms with Gasteiger partial charge in [-0.05, 0) is 77.0 Å². The third-order valence-corrected chi connectivity index (χ3v) is 9.02. The van der Waals surface area contributed by atoms with E-state index in [1.807, 2.05) is 0 Å². The quantitative estimate of drug-likeness (QED) is 0.400. The van der Waals surface area contributed by atoms with Crippen molar-refractivity contribution >= 4 is 23.6 Å². The normalized spacial score (nSPS) is 26.3. The number of anilines is 1. The number of piperidine rings is 1. The highest BCUT2D eigenvalue weighted by Gasteiger charge is 2.49. The standard InChI is InChI=1S/C33H51N3O7/c1-20(2)24-16-34-29(15-28(24)42-7)36(23-12-13-23)31(39)26-18-35(32(40)43-33(3,4)5)17-25(30(26)38)27(37)14-21-8-10-22(11-9-21)19-41-6/h15-16,20-23,25-26,30,38H,8-14,17-19H2,1-7H3/t21?,22?,25-,26-,30+/m0/s1. The minimum absolute atomic E-state index is 0.0241. The van der Waals surface area contributed by atoms with Gasteiger partial charge in [0.2, 0.25) is 5.91 Å². The molecular weight excluding hydrogens is 550 g/mol. The van der Waals surface area contributed by atoms with Gasteiger partial charge < -0.3 is 24.2 Å². The number of likely N-dealkylation sites (tertiary alicyclic amines) is 1. The van der Waals surface area contributed by atoms with Crippen LogP contribution in [-0.4, -0.2) is 84.4 Å². The van der Waals surface area contributed by atoms with Crippen molar-refractivity contribution in [1.82, 2.24) is 9.88 Å². The molecule has 1 aliphatic heterocycles. The number of methoxy groups -OCH3 is 2. The Morgan fingerprint density at radius 1 is 1.02 bits per heavy atom. The fourth-order valence-electron chi connectivity index (χ4n) is 6.48. The molecule has 1 aromatic rings. The Hall–Kier alpha value is -2.72. The van der Waals surface area contributed by atoms with Crippen LogP contribution >= 0.6 is 0 Å². The van der Waals surface area contributed by atoms with Gasteiger partial charge in [-0.2, -0.15) is 0 Å². The molecule has 2 saturated carbocycles. The number of carbonyl (C=O) groups excluding carboxylic acids is 3. The molecule has 1 saturated heterocycles. The average Bonchev–Trinajstić information content (AvgIpc) is 3.78. The predicted molar refractivity (Wildman–Crippen MR) is 163 cm³/mol. The van der Waals surface area contributed by atoms with Gasteiger partial charge in [-0.15, -0.1) is 0 Å². The summed E-state index contributed by atoms with van der Waals surface area (Å²) in [5, 5.41) is 11.7. The van der Waals surface area contributed by atoms with Crippen LogP contribution in [0.25, 0.3) is 0 Å². The zero-order valence-electron chi connectivity index (χ0n) is 27.0. The van der Waals surface area contributed by atoms with E-state index in [1.165, 1.54) is 4.90 Å². The molecule has 10 heteroatoms. The first-order valence-corrected chi connectivity index (χ1v) is 15.9. The van der Waals surface area contributed by atoms with Crippen molar-refractivity contribution in [3.63, 3.8) is 0 Å². The molecule has 0 aromatic carbocycles. The molecule has 240 valence electrons. The Bertz CT molecular complexity index is 1140. The Balaban J connectivity index is 1.58. The fourth-order valence-corrected chi connectivity index (χ4v) is 6.48. The molecule has 3 atom stereocenters. The third kappa shape index (κ3) is 8.26. The molecule has 1 aromatic heterocycles. The van der Waals surface area contributed by atoms with Crippen LogP contribution in [0.2, 0.25) is 0 Å². The summed E-state index contributed by atoms with van der Waals surface area (Å²) in [6.07, 6.45) is 5.75. The number of nitrogens with zero attached hydrogens (tertiary/aromatic N) is 3. The highest BCUT2D eigenvalue weighted by atomic mass is 16.6. The van der Waals surface area contributed by atoms with E-state index in [4.69, 9.17) is 14.2 Å². The first-order valence-electron chi connectivity index (χ1n) is 15.9. The van der Waals surface area contributed by atoms with Crippen LogP contribution < -0.4 is 9.64 Å². The van der Waals surface area contributed by atoms with Crippen LogP contribution in [0.4, 0.5) is 10.6 Å². The number of amides is 2. The number of pyridine rings is 1. The summed E-state index contributed by atoms with van der Waals surface area (Å²) in [6, 6.07) is 1.71. The highest BCUT2D eigenvalue weighted by Crippen LogP contribution is 2.38. The molecule has 43 heavy (non-hydrogen) atoms. The molecule has 1 N–H and O–H groups in total. The second-order valence-electron chi connectivity index (χ2n) is 14.0. The van der Waals surface area contributed by atoms with E-state index in [1.54, 1.807) is 52.2 Å². The van der Waals surface area contributed by atoms with Crippen LogP contribution in [0.15, 0.2) is 12.3 Å². The lowest BCUT2D eigenvalue weighted by Crippen LogP contribution is -2.59. The minimum atomic E-state index is -1.22. The van der Waals surface area contributed by atoms with Crippen molar-refractivity contribution in [2.75, 3.05) is 38.8 Å². The van der Waals surface area contributed by atoms with E-state index in [-0.39, 0.29) is 42.7 Å². The number of aliphatic hydroxyl groups is 1. The molecule has 3 fully saturated rings. The van der Waals surface area contributed by atoms with Crippen LogP contribution in [0.5, 0.6) is 5.75 Å². The van der Waals surface area contributed by atoms with Crippen molar-refractivity contribution in [3.05, 3.63) is 17.8 Å². The number of aliphatic hydroxyl groups excluding tert-OH is 1. The largest absolute Gasteiger partial charge is 0.496 e. The summed E-state index contributed by atoms with van der Waals surface area (Å²) >= 11 is 0. The van der Waals surface area contributed by atoms with Crippen molar-refractivity contribution in [2.24, 2.45) is 23.7 Å². The smallest absolute Gasteiger partial charge is 0.410 e. The van der Waals surface area contributed by atoms with Crippen molar-refractivity contribution in [1.29, 1.82) is 0 Å².